The van der Waals surface area contributed by atoms with Crippen LogP contribution in [0.2, 0.25) is 0 Å². The fourth-order valence-electron chi connectivity index (χ4n) is 4.45. The van der Waals surface area contributed by atoms with Gasteiger partial charge in [0.05, 0.1) is 6.04 Å². The lowest BCUT2D eigenvalue weighted by atomic mass is 9.93. The van der Waals surface area contributed by atoms with Gasteiger partial charge in [-0.05, 0) is 69.2 Å². The van der Waals surface area contributed by atoms with E-state index in [-0.39, 0.29) is 6.04 Å². The number of amides is 1. The van der Waals surface area contributed by atoms with Gasteiger partial charge < -0.3 is 10.2 Å². The van der Waals surface area contributed by atoms with E-state index in [0.717, 1.165) is 36.6 Å². The molecule has 1 N–H and O–H groups in total. The number of nitrogens with zero attached hydrogens (tertiary/aromatic N) is 1. The van der Waals surface area contributed by atoms with E-state index in [9.17, 15) is 4.79 Å². The van der Waals surface area contributed by atoms with Crippen molar-refractivity contribution in [1.82, 2.24) is 10.2 Å². The summed E-state index contributed by atoms with van der Waals surface area (Å²) < 4.78 is 0. The smallest absolute Gasteiger partial charge is 0.239 e. The third-order valence-corrected chi connectivity index (χ3v) is 5.92. The van der Waals surface area contributed by atoms with E-state index in [0.29, 0.717) is 11.9 Å². The van der Waals surface area contributed by atoms with Gasteiger partial charge >= 0.3 is 0 Å². The number of likely N-dealkylation sites (N-methyl/N-ethyl adjacent to an activating group) is 1. The van der Waals surface area contributed by atoms with E-state index in [1.807, 2.05) is 7.05 Å². The molecule has 4 aliphatic rings. The highest BCUT2D eigenvalue weighted by Gasteiger charge is 2.49. The Morgan fingerprint density at radius 1 is 1.00 bits per heavy atom. The fraction of sp³-hybridized carbons (Fsp3) is 0.933. The second-order valence-corrected chi connectivity index (χ2v) is 7.05. The third-order valence-electron chi connectivity index (χ3n) is 5.92. The van der Waals surface area contributed by atoms with E-state index in [1.165, 1.54) is 32.1 Å². The molecule has 0 aromatic heterocycles. The highest BCUT2D eigenvalue weighted by molar-refractivity contribution is 5.82. The molecule has 0 aromatic rings. The zero-order chi connectivity index (χ0) is 12.3. The summed E-state index contributed by atoms with van der Waals surface area (Å²) in [5.41, 5.74) is 0. The summed E-state index contributed by atoms with van der Waals surface area (Å²) in [4.78, 5) is 14.9. The molecule has 18 heavy (non-hydrogen) atoms. The second-order valence-electron chi connectivity index (χ2n) is 7.05. The van der Waals surface area contributed by atoms with Crippen molar-refractivity contribution in [3.05, 3.63) is 0 Å². The molecular formula is C15H24N2O. The van der Waals surface area contributed by atoms with Crippen LogP contribution in [0.25, 0.3) is 0 Å². The van der Waals surface area contributed by atoms with Crippen molar-refractivity contribution in [1.29, 1.82) is 0 Å². The molecule has 1 heterocycles. The predicted octanol–water partition coefficient (Wildman–Crippen LogP) is 1.63. The molecule has 0 spiro atoms. The molecule has 0 radical (unpaired) electrons. The van der Waals surface area contributed by atoms with Crippen molar-refractivity contribution in [3.8, 4) is 0 Å². The van der Waals surface area contributed by atoms with Gasteiger partial charge in [-0.2, -0.15) is 0 Å². The maximum absolute atomic E-state index is 12.6. The van der Waals surface area contributed by atoms with Gasteiger partial charge in [-0.25, -0.2) is 0 Å². The number of carbonyl (C=O) groups is 1. The highest BCUT2D eigenvalue weighted by Crippen LogP contribution is 2.52. The Morgan fingerprint density at radius 2 is 1.78 bits per heavy atom. The summed E-state index contributed by atoms with van der Waals surface area (Å²) in [6.07, 6.45) is 7.82. The monoisotopic (exact) mass is 248 g/mol. The predicted molar refractivity (Wildman–Crippen MR) is 70.0 cm³/mol. The van der Waals surface area contributed by atoms with Crippen LogP contribution in [0.5, 0.6) is 0 Å². The lowest BCUT2D eigenvalue weighted by Gasteiger charge is -2.35. The number of likely N-dealkylation sites (tertiary alicyclic amines) is 1. The van der Waals surface area contributed by atoms with Crippen molar-refractivity contribution in [2.24, 2.45) is 23.7 Å². The first kappa shape index (κ1) is 11.3. The standard InChI is InChI=1S/C15H24N2O/c1-16-14-7-11-5-12(11)8-17(15(14)18)13-3-2-9-4-10(9)6-13/h9-14,16H,2-8H2,1H3. The molecule has 3 aliphatic carbocycles. The van der Waals surface area contributed by atoms with Crippen molar-refractivity contribution in [3.63, 3.8) is 0 Å². The number of fused-ring (bicyclic) bond motifs is 2. The quantitative estimate of drug-likeness (QED) is 0.805. The van der Waals surface area contributed by atoms with E-state index in [1.54, 1.807) is 0 Å². The summed E-state index contributed by atoms with van der Waals surface area (Å²) in [6.45, 7) is 1.06. The Kier molecular flexibility index (Phi) is 2.48. The molecule has 4 rings (SSSR count). The van der Waals surface area contributed by atoms with E-state index in [4.69, 9.17) is 0 Å². The first-order valence-corrected chi connectivity index (χ1v) is 7.74. The van der Waals surface area contributed by atoms with Gasteiger partial charge in [-0.15, -0.1) is 0 Å². The number of hydrogen-bond donors (Lipinski definition) is 1. The zero-order valence-electron chi connectivity index (χ0n) is 11.3. The Balaban J connectivity index is 1.51. The molecule has 3 nitrogen and oxygen atoms in total. The van der Waals surface area contributed by atoms with Gasteiger partial charge in [0.2, 0.25) is 5.91 Å². The summed E-state index contributed by atoms with van der Waals surface area (Å²) >= 11 is 0. The van der Waals surface area contributed by atoms with E-state index in [2.05, 4.69) is 10.2 Å². The Bertz CT molecular complexity index is 370. The maximum Gasteiger partial charge on any atom is 0.239 e. The minimum Gasteiger partial charge on any atom is -0.338 e. The fourth-order valence-corrected chi connectivity index (χ4v) is 4.45. The van der Waals surface area contributed by atoms with Crippen LogP contribution in [0.3, 0.4) is 0 Å². The first-order valence-electron chi connectivity index (χ1n) is 7.74. The topological polar surface area (TPSA) is 32.3 Å². The van der Waals surface area contributed by atoms with Gasteiger partial charge in [0.1, 0.15) is 0 Å². The minimum absolute atomic E-state index is 0.0967. The molecule has 3 heteroatoms. The highest BCUT2D eigenvalue weighted by atomic mass is 16.2. The Hall–Kier alpha value is -0.570. The van der Waals surface area contributed by atoms with Crippen LogP contribution in [-0.2, 0) is 4.79 Å². The summed E-state index contributed by atoms with van der Waals surface area (Å²) in [6, 6.07) is 0.663. The summed E-state index contributed by atoms with van der Waals surface area (Å²) in [5.74, 6) is 4.03. The van der Waals surface area contributed by atoms with Crippen LogP contribution in [0.1, 0.15) is 38.5 Å². The molecule has 3 saturated carbocycles. The molecule has 0 aromatic carbocycles. The molecule has 4 fully saturated rings. The SMILES string of the molecule is CNC1CC2CC2CN(C2CCC3CC3C2)C1=O. The van der Waals surface area contributed by atoms with Crippen molar-refractivity contribution < 1.29 is 4.79 Å². The van der Waals surface area contributed by atoms with Gasteiger partial charge in [0.25, 0.3) is 0 Å². The summed E-state index contributed by atoms with van der Waals surface area (Å²) in [7, 11) is 1.95. The molecule has 6 atom stereocenters. The van der Waals surface area contributed by atoms with Crippen LogP contribution < -0.4 is 5.32 Å². The number of rotatable bonds is 2. The molecule has 6 unspecified atom stereocenters. The second kappa shape index (κ2) is 3.96. The Morgan fingerprint density at radius 3 is 2.56 bits per heavy atom. The van der Waals surface area contributed by atoms with Crippen molar-refractivity contribution in [2.45, 2.75) is 50.6 Å². The normalized spacial score (nSPS) is 50.3. The summed E-state index contributed by atoms with van der Waals surface area (Å²) in [5, 5.41) is 3.25. The van der Waals surface area contributed by atoms with Crippen molar-refractivity contribution >= 4 is 5.91 Å². The van der Waals surface area contributed by atoms with Crippen LogP contribution in [0, 0.1) is 23.7 Å². The van der Waals surface area contributed by atoms with Crippen LogP contribution in [-0.4, -0.2) is 36.5 Å². The molecular weight excluding hydrogens is 224 g/mol. The largest absolute Gasteiger partial charge is 0.338 e. The van der Waals surface area contributed by atoms with Crippen molar-refractivity contribution in [2.75, 3.05) is 13.6 Å². The Labute approximate surface area is 109 Å². The van der Waals surface area contributed by atoms with Gasteiger partial charge in [0.15, 0.2) is 0 Å². The molecule has 100 valence electrons. The molecule has 1 saturated heterocycles. The molecule has 1 amide bonds. The lowest BCUT2D eigenvalue weighted by molar-refractivity contribution is -0.136. The van der Waals surface area contributed by atoms with E-state index < -0.39 is 0 Å². The van der Waals surface area contributed by atoms with Gasteiger partial charge in [0, 0.05) is 12.6 Å². The van der Waals surface area contributed by atoms with E-state index >= 15 is 0 Å². The number of nitrogens with one attached hydrogen (secondary N) is 1. The lowest BCUT2D eigenvalue weighted by Crippen LogP contribution is -2.50. The van der Waals surface area contributed by atoms with Crippen LogP contribution in [0.15, 0.2) is 0 Å². The average molecular weight is 248 g/mol. The number of hydrogen-bond acceptors (Lipinski definition) is 2. The number of carbonyl (C=O) groups excluding carboxylic acids is 1. The zero-order valence-corrected chi connectivity index (χ0v) is 11.3. The van der Waals surface area contributed by atoms with Crippen LogP contribution >= 0.6 is 0 Å². The average Bonchev–Trinajstić information content (AvgIpc) is 3.24. The maximum atomic E-state index is 12.6. The van der Waals surface area contributed by atoms with Gasteiger partial charge in [-0.3, -0.25) is 4.79 Å². The first-order chi connectivity index (χ1) is 8.76. The molecule has 0 bridgehead atoms. The molecule has 1 aliphatic heterocycles. The van der Waals surface area contributed by atoms with Crippen LogP contribution in [0.4, 0.5) is 0 Å². The minimum atomic E-state index is 0.0967. The van der Waals surface area contributed by atoms with Gasteiger partial charge in [-0.1, -0.05) is 0 Å². The third kappa shape index (κ3) is 1.78.